The molecule has 1 aliphatic heterocycles. The van der Waals surface area contributed by atoms with Crippen LogP contribution in [0.2, 0.25) is 0 Å². The van der Waals surface area contributed by atoms with E-state index in [0.29, 0.717) is 26.4 Å². The number of carbonyl (C=O) groups excluding carboxylic acids is 3. The molecule has 2 aromatic heterocycles. The van der Waals surface area contributed by atoms with E-state index in [1.807, 2.05) is 44.2 Å². The van der Waals surface area contributed by atoms with E-state index >= 15 is 0 Å². The lowest BCUT2D eigenvalue weighted by Gasteiger charge is -2.29. The van der Waals surface area contributed by atoms with Gasteiger partial charge in [-0.05, 0) is 76.6 Å². The van der Waals surface area contributed by atoms with Crippen LogP contribution >= 0.6 is 11.3 Å². The summed E-state index contributed by atoms with van der Waals surface area (Å²) in [7, 11) is 2.10. The Balaban J connectivity index is 1.35. The molecule has 5 rings (SSSR count). The van der Waals surface area contributed by atoms with Gasteiger partial charge >= 0.3 is 6.09 Å². The maximum absolute atomic E-state index is 13.3. The summed E-state index contributed by atoms with van der Waals surface area (Å²) in [6.07, 6.45) is 1.38. The number of ether oxygens (including phenoxy) is 2. The average Bonchev–Trinajstić information content (AvgIpc) is 3.56. The summed E-state index contributed by atoms with van der Waals surface area (Å²) in [6.45, 7) is 7.68. The van der Waals surface area contributed by atoms with E-state index in [2.05, 4.69) is 27.7 Å². The Bertz CT molecular complexity index is 1570. The van der Waals surface area contributed by atoms with Crippen molar-refractivity contribution in [2.75, 3.05) is 32.1 Å². The van der Waals surface area contributed by atoms with E-state index in [1.165, 1.54) is 0 Å². The van der Waals surface area contributed by atoms with Gasteiger partial charge in [0.15, 0.2) is 5.82 Å². The average molecular weight is 590 g/mol. The second-order valence-corrected chi connectivity index (χ2v) is 11.9. The number of nitrogens with one attached hydrogen (secondary N) is 2. The van der Waals surface area contributed by atoms with Crippen molar-refractivity contribution in [2.24, 2.45) is 0 Å². The number of likely N-dealkylation sites (tertiary alicyclic amines) is 1. The van der Waals surface area contributed by atoms with Gasteiger partial charge in [0, 0.05) is 18.7 Å². The molecule has 10 nitrogen and oxygen atoms in total. The highest BCUT2D eigenvalue weighted by atomic mass is 32.1. The highest BCUT2D eigenvalue weighted by Gasteiger charge is 2.27. The first-order valence-electron chi connectivity index (χ1n) is 14.0. The van der Waals surface area contributed by atoms with E-state index in [4.69, 9.17) is 9.47 Å². The molecule has 0 radical (unpaired) electrons. The van der Waals surface area contributed by atoms with Crippen molar-refractivity contribution in [3.63, 3.8) is 0 Å². The molecule has 2 N–H and O–H groups in total. The van der Waals surface area contributed by atoms with Crippen LogP contribution in [-0.4, -0.2) is 65.4 Å². The molecular formula is C31H35N5O5S. The maximum atomic E-state index is 13.3. The molecule has 1 fully saturated rings. The molecule has 1 saturated heterocycles. The molecule has 1 aliphatic rings. The highest BCUT2D eigenvalue weighted by Crippen LogP contribution is 2.33. The van der Waals surface area contributed by atoms with E-state index in [0.717, 1.165) is 47.5 Å². The van der Waals surface area contributed by atoms with Gasteiger partial charge in [0.2, 0.25) is 0 Å². The first kappa shape index (κ1) is 29.3. The maximum Gasteiger partial charge on any atom is 0.436 e. The fraction of sp³-hybridized carbons (Fsp3) is 0.355. The Morgan fingerprint density at radius 3 is 2.38 bits per heavy atom. The van der Waals surface area contributed by atoms with Crippen LogP contribution in [0.4, 0.5) is 10.6 Å². The zero-order valence-electron chi connectivity index (χ0n) is 24.2. The summed E-state index contributed by atoms with van der Waals surface area (Å²) < 4.78 is 12.3. The van der Waals surface area contributed by atoms with Crippen LogP contribution in [0.15, 0.2) is 60.7 Å². The predicted octanol–water partition coefficient (Wildman–Crippen LogP) is 5.49. The number of hydrogen-bond acceptors (Lipinski definition) is 8. The summed E-state index contributed by atoms with van der Waals surface area (Å²) in [5.41, 5.74) is 0.720. The lowest BCUT2D eigenvalue weighted by atomic mass is 9.94. The van der Waals surface area contributed by atoms with Gasteiger partial charge in [-0.1, -0.05) is 30.3 Å². The minimum atomic E-state index is -0.697. The number of amides is 2. The molecule has 42 heavy (non-hydrogen) atoms. The summed E-state index contributed by atoms with van der Waals surface area (Å²) in [5.74, 6) is 0.158. The van der Waals surface area contributed by atoms with Gasteiger partial charge in [-0.15, -0.1) is 16.4 Å². The molecule has 0 bridgehead atoms. The summed E-state index contributed by atoms with van der Waals surface area (Å²) in [4.78, 5) is 42.2. The zero-order chi connectivity index (χ0) is 29.9. The second-order valence-electron chi connectivity index (χ2n) is 10.8. The topological polar surface area (TPSA) is 115 Å². The number of aromatic nitrogens is 2. The minimum Gasteiger partial charge on any atom is -0.490 e. The SMILES string of the molecule is CCOC(=O)n1nc(NC(=O)c2ccc(OC3CCN(C)CC3)cc2)c2cc(C(=O)NC(C)(C)c3ccccc3)sc21. The molecule has 2 aromatic carbocycles. The molecule has 0 unspecified atom stereocenters. The molecule has 11 heteroatoms. The van der Waals surface area contributed by atoms with Gasteiger partial charge in [-0.2, -0.15) is 4.68 Å². The predicted molar refractivity (Wildman–Crippen MR) is 163 cm³/mol. The minimum absolute atomic E-state index is 0.151. The van der Waals surface area contributed by atoms with Gasteiger partial charge in [0.25, 0.3) is 11.8 Å². The first-order chi connectivity index (χ1) is 20.1. The standard InChI is InChI=1S/C31H35N5O5S/c1-5-40-30(39)36-29-24(19-25(42-29)28(38)33-31(2,3)21-9-7-6-8-10-21)26(34-36)32-27(37)20-11-13-22(14-12-20)41-23-15-17-35(4)18-16-23/h6-14,19,23H,5,15-18H2,1-4H3,(H,33,38)(H,32,34,37). The lowest BCUT2D eigenvalue weighted by molar-refractivity contribution is 0.0915. The monoisotopic (exact) mass is 589 g/mol. The number of benzene rings is 2. The van der Waals surface area contributed by atoms with Crippen LogP contribution in [0, 0.1) is 0 Å². The fourth-order valence-corrected chi connectivity index (χ4v) is 5.85. The van der Waals surface area contributed by atoms with Crippen LogP contribution in [0.5, 0.6) is 5.75 Å². The second kappa shape index (κ2) is 12.3. The van der Waals surface area contributed by atoms with Gasteiger partial charge in [-0.3, -0.25) is 9.59 Å². The van der Waals surface area contributed by atoms with Crippen molar-refractivity contribution < 1.29 is 23.9 Å². The van der Waals surface area contributed by atoms with Crippen LogP contribution < -0.4 is 15.4 Å². The molecule has 220 valence electrons. The summed E-state index contributed by atoms with van der Waals surface area (Å²) in [5, 5.41) is 10.6. The van der Waals surface area contributed by atoms with Crippen molar-refractivity contribution in [3.05, 3.63) is 76.7 Å². The number of nitrogens with zero attached hydrogens (tertiary/aromatic N) is 3. The highest BCUT2D eigenvalue weighted by molar-refractivity contribution is 7.20. The molecular weight excluding hydrogens is 554 g/mol. The number of carbonyl (C=O) groups is 3. The summed E-state index contributed by atoms with van der Waals surface area (Å²) >= 11 is 1.10. The smallest absolute Gasteiger partial charge is 0.436 e. The van der Waals surface area contributed by atoms with Crippen molar-refractivity contribution in [1.82, 2.24) is 20.0 Å². The third-order valence-corrected chi connectivity index (χ3v) is 8.37. The Morgan fingerprint density at radius 1 is 1.02 bits per heavy atom. The van der Waals surface area contributed by atoms with Gasteiger partial charge in [-0.25, -0.2) is 4.79 Å². The Morgan fingerprint density at radius 2 is 1.71 bits per heavy atom. The normalized spacial score (nSPS) is 14.5. The third-order valence-electron chi connectivity index (χ3n) is 7.26. The van der Waals surface area contributed by atoms with Crippen molar-refractivity contribution in [2.45, 2.75) is 45.3 Å². The van der Waals surface area contributed by atoms with Crippen LogP contribution in [0.25, 0.3) is 10.2 Å². The molecule has 4 aromatic rings. The zero-order valence-corrected chi connectivity index (χ0v) is 25.0. The van der Waals surface area contributed by atoms with Crippen molar-refractivity contribution in [3.8, 4) is 5.75 Å². The van der Waals surface area contributed by atoms with Crippen LogP contribution in [0.3, 0.4) is 0 Å². The van der Waals surface area contributed by atoms with Gasteiger partial charge < -0.3 is 25.0 Å². The fourth-order valence-electron chi connectivity index (χ4n) is 4.85. The number of thiophene rings is 1. The molecule has 0 spiro atoms. The van der Waals surface area contributed by atoms with Gasteiger partial charge in [0.05, 0.1) is 22.4 Å². The summed E-state index contributed by atoms with van der Waals surface area (Å²) in [6, 6.07) is 18.2. The molecule has 0 atom stereocenters. The van der Waals surface area contributed by atoms with Crippen molar-refractivity contribution in [1.29, 1.82) is 0 Å². The number of piperidine rings is 1. The number of rotatable bonds is 8. The van der Waals surface area contributed by atoms with E-state index in [1.54, 1.807) is 37.3 Å². The molecule has 3 heterocycles. The number of anilines is 1. The number of hydrogen-bond donors (Lipinski definition) is 2. The van der Waals surface area contributed by atoms with E-state index in [9.17, 15) is 14.4 Å². The Kier molecular flexibility index (Phi) is 8.60. The Hall–Kier alpha value is -4.22. The Labute approximate surface area is 248 Å². The molecule has 0 saturated carbocycles. The first-order valence-corrected chi connectivity index (χ1v) is 14.8. The van der Waals surface area contributed by atoms with Crippen LogP contribution in [0.1, 0.15) is 59.2 Å². The van der Waals surface area contributed by atoms with Gasteiger partial charge in [0.1, 0.15) is 16.7 Å². The molecule has 0 aliphatic carbocycles. The largest absolute Gasteiger partial charge is 0.490 e. The molecule has 2 amide bonds. The quantitative estimate of drug-likeness (QED) is 0.279. The van der Waals surface area contributed by atoms with E-state index in [-0.39, 0.29) is 24.4 Å². The number of fused-ring (bicyclic) bond motifs is 1. The lowest BCUT2D eigenvalue weighted by Crippen LogP contribution is -2.40. The van der Waals surface area contributed by atoms with Crippen molar-refractivity contribution >= 4 is 45.3 Å². The van der Waals surface area contributed by atoms with Crippen LogP contribution in [-0.2, 0) is 10.3 Å². The van der Waals surface area contributed by atoms with E-state index < -0.39 is 17.5 Å². The third kappa shape index (κ3) is 6.47.